The Morgan fingerprint density at radius 2 is 2.06 bits per heavy atom. The molecule has 0 fully saturated rings. The Hall–Kier alpha value is -1.97. The van der Waals surface area contributed by atoms with Gasteiger partial charge in [-0.25, -0.2) is 4.39 Å². The summed E-state index contributed by atoms with van der Waals surface area (Å²) in [5, 5.41) is 4.21. The third kappa shape index (κ3) is 2.18. The monoisotopic (exact) mass is 246 g/mol. The quantitative estimate of drug-likeness (QED) is 0.777. The van der Waals surface area contributed by atoms with Gasteiger partial charge < -0.3 is 0 Å². The van der Waals surface area contributed by atoms with Crippen molar-refractivity contribution in [2.75, 3.05) is 0 Å². The van der Waals surface area contributed by atoms with E-state index in [-0.39, 0.29) is 17.6 Å². The Morgan fingerprint density at radius 3 is 2.67 bits per heavy atom. The van der Waals surface area contributed by atoms with Crippen molar-refractivity contribution in [3.05, 3.63) is 41.8 Å². The summed E-state index contributed by atoms with van der Waals surface area (Å²) >= 11 is 0. The lowest BCUT2D eigenvalue weighted by Crippen LogP contribution is -2.07. The Labute approximate surface area is 105 Å². The molecule has 1 aromatic heterocycles. The van der Waals surface area contributed by atoms with Gasteiger partial charge in [0.25, 0.3) is 0 Å². The van der Waals surface area contributed by atoms with Gasteiger partial charge >= 0.3 is 0 Å². The second kappa shape index (κ2) is 4.72. The number of hydrogen-bond acceptors (Lipinski definition) is 2. The maximum atomic E-state index is 13.4. The summed E-state index contributed by atoms with van der Waals surface area (Å²) in [5.41, 5.74) is 1.86. The molecule has 0 unspecified atom stereocenters. The second-order valence-corrected chi connectivity index (χ2v) is 4.50. The van der Waals surface area contributed by atoms with Crippen LogP contribution in [0.3, 0.4) is 0 Å². The molecule has 0 aliphatic rings. The molecule has 0 radical (unpaired) electrons. The van der Waals surface area contributed by atoms with Crippen molar-refractivity contribution in [2.45, 2.75) is 26.8 Å². The zero-order valence-electron chi connectivity index (χ0n) is 10.6. The molecule has 0 saturated carbocycles. The summed E-state index contributed by atoms with van der Waals surface area (Å²) in [7, 11) is 0. The van der Waals surface area contributed by atoms with Gasteiger partial charge in [0.05, 0.1) is 5.69 Å². The number of rotatable bonds is 3. The molecule has 94 valence electrons. The molecule has 1 heterocycles. The first-order valence-electron chi connectivity index (χ1n) is 5.85. The maximum absolute atomic E-state index is 13.4. The molecule has 2 rings (SSSR count). The van der Waals surface area contributed by atoms with Crippen molar-refractivity contribution in [3.8, 4) is 11.3 Å². The summed E-state index contributed by atoms with van der Waals surface area (Å²) < 4.78 is 15.2. The van der Waals surface area contributed by atoms with Gasteiger partial charge in [0, 0.05) is 23.4 Å². The molecule has 0 aliphatic heterocycles. The van der Waals surface area contributed by atoms with Crippen LogP contribution in [0.4, 0.5) is 4.39 Å². The van der Waals surface area contributed by atoms with E-state index in [9.17, 15) is 9.18 Å². The summed E-state index contributed by atoms with van der Waals surface area (Å²) in [5.74, 6) is -0.437. The average Bonchev–Trinajstić information content (AvgIpc) is 2.77. The van der Waals surface area contributed by atoms with Crippen LogP contribution in [0.15, 0.2) is 30.5 Å². The van der Waals surface area contributed by atoms with E-state index in [1.165, 1.54) is 25.1 Å². The highest BCUT2D eigenvalue weighted by atomic mass is 19.1. The van der Waals surface area contributed by atoms with E-state index < -0.39 is 0 Å². The smallest absolute Gasteiger partial charge is 0.160 e. The minimum atomic E-state index is -0.355. The molecule has 0 spiro atoms. The normalized spacial score (nSPS) is 10.9. The molecule has 0 saturated heterocycles. The van der Waals surface area contributed by atoms with Crippen LogP contribution in [-0.4, -0.2) is 15.6 Å². The van der Waals surface area contributed by atoms with Crippen molar-refractivity contribution >= 4 is 5.78 Å². The van der Waals surface area contributed by atoms with Crippen LogP contribution in [0.1, 0.15) is 37.2 Å². The maximum Gasteiger partial charge on any atom is 0.160 e. The zero-order chi connectivity index (χ0) is 13.3. The number of carbonyl (C=O) groups is 1. The molecule has 3 nitrogen and oxygen atoms in total. The SMILES string of the molecule is CC(=O)c1ccc(F)cc1-c1ccnn1C(C)C. The van der Waals surface area contributed by atoms with E-state index in [1.54, 1.807) is 16.9 Å². The Kier molecular flexibility index (Phi) is 3.28. The lowest BCUT2D eigenvalue weighted by atomic mass is 10.0. The summed E-state index contributed by atoms with van der Waals surface area (Å²) in [6.07, 6.45) is 1.66. The first-order valence-corrected chi connectivity index (χ1v) is 5.85. The fourth-order valence-corrected chi connectivity index (χ4v) is 1.97. The predicted molar refractivity (Wildman–Crippen MR) is 68.0 cm³/mol. The molecule has 4 heteroatoms. The highest BCUT2D eigenvalue weighted by Gasteiger charge is 2.15. The van der Waals surface area contributed by atoms with E-state index in [0.29, 0.717) is 11.1 Å². The van der Waals surface area contributed by atoms with Gasteiger partial charge in [-0.2, -0.15) is 5.10 Å². The van der Waals surface area contributed by atoms with Gasteiger partial charge in [0.1, 0.15) is 5.82 Å². The van der Waals surface area contributed by atoms with E-state index >= 15 is 0 Å². The Balaban J connectivity index is 2.66. The van der Waals surface area contributed by atoms with Crippen molar-refractivity contribution in [2.24, 2.45) is 0 Å². The van der Waals surface area contributed by atoms with Crippen LogP contribution < -0.4 is 0 Å². The first kappa shape index (κ1) is 12.5. The van der Waals surface area contributed by atoms with Crippen molar-refractivity contribution in [3.63, 3.8) is 0 Å². The van der Waals surface area contributed by atoms with Crippen LogP contribution >= 0.6 is 0 Å². The number of benzene rings is 1. The molecule has 1 aromatic carbocycles. The van der Waals surface area contributed by atoms with Crippen molar-refractivity contribution in [1.82, 2.24) is 9.78 Å². The molecule has 0 N–H and O–H groups in total. The standard InChI is InChI=1S/C14H15FN2O/c1-9(2)17-14(6-7-16-17)13-8-11(15)4-5-12(13)10(3)18/h4-9H,1-3H3. The molecule has 0 aliphatic carbocycles. The number of nitrogens with zero attached hydrogens (tertiary/aromatic N) is 2. The molecule has 0 bridgehead atoms. The number of carbonyl (C=O) groups excluding carboxylic acids is 1. The van der Waals surface area contributed by atoms with E-state index in [2.05, 4.69) is 5.10 Å². The van der Waals surface area contributed by atoms with Crippen LogP contribution in [-0.2, 0) is 0 Å². The largest absolute Gasteiger partial charge is 0.294 e. The van der Waals surface area contributed by atoms with Gasteiger partial charge in [-0.05, 0) is 45.0 Å². The number of Topliss-reactive ketones (excluding diaryl/α,β-unsaturated/α-hetero) is 1. The second-order valence-electron chi connectivity index (χ2n) is 4.50. The van der Waals surface area contributed by atoms with E-state index in [1.807, 2.05) is 13.8 Å². The van der Waals surface area contributed by atoms with Gasteiger partial charge in [0.15, 0.2) is 5.78 Å². The number of aromatic nitrogens is 2. The molecule has 0 amide bonds. The minimum Gasteiger partial charge on any atom is -0.294 e. The lowest BCUT2D eigenvalue weighted by Gasteiger charge is -2.13. The Bertz CT molecular complexity index is 587. The van der Waals surface area contributed by atoms with Gasteiger partial charge in [-0.3, -0.25) is 9.48 Å². The molecule has 2 aromatic rings. The summed E-state index contributed by atoms with van der Waals surface area (Å²) in [6.45, 7) is 5.46. The van der Waals surface area contributed by atoms with Crippen LogP contribution in [0.2, 0.25) is 0 Å². The van der Waals surface area contributed by atoms with E-state index in [4.69, 9.17) is 0 Å². The topological polar surface area (TPSA) is 34.9 Å². The highest BCUT2D eigenvalue weighted by molar-refractivity contribution is 6.00. The van der Waals surface area contributed by atoms with Crippen molar-refractivity contribution < 1.29 is 9.18 Å². The molecule has 0 atom stereocenters. The fourth-order valence-electron chi connectivity index (χ4n) is 1.97. The zero-order valence-corrected chi connectivity index (χ0v) is 10.6. The predicted octanol–water partition coefficient (Wildman–Crippen LogP) is 3.47. The number of hydrogen-bond donors (Lipinski definition) is 0. The lowest BCUT2D eigenvalue weighted by molar-refractivity contribution is 0.101. The number of ketones is 1. The third-order valence-corrected chi connectivity index (χ3v) is 2.80. The molecular weight excluding hydrogens is 231 g/mol. The van der Waals surface area contributed by atoms with Crippen molar-refractivity contribution in [1.29, 1.82) is 0 Å². The minimum absolute atomic E-state index is 0.0819. The third-order valence-electron chi connectivity index (χ3n) is 2.80. The van der Waals surface area contributed by atoms with Crippen LogP contribution in [0.5, 0.6) is 0 Å². The fraction of sp³-hybridized carbons (Fsp3) is 0.286. The Morgan fingerprint density at radius 1 is 1.33 bits per heavy atom. The van der Waals surface area contributed by atoms with Gasteiger partial charge in [0.2, 0.25) is 0 Å². The highest BCUT2D eigenvalue weighted by Crippen LogP contribution is 2.27. The van der Waals surface area contributed by atoms with Gasteiger partial charge in [-0.15, -0.1) is 0 Å². The van der Waals surface area contributed by atoms with Gasteiger partial charge in [-0.1, -0.05) is 0 Å². The first-order chi connectivity index (χ1) is 8.50. The van der Waals surface area contributed by atoms with Crippen LogP contribution in [0.25, 0.3) is 11.3 Å². The van der Waals surface area contributed by atoms with Crippen LogP contribution in [0, 0.1) is 5.82 Å². The number of halogens is 1. The molecule has 18 heavy (non-hydrogen) atoms. The van der Waals surface area contributed by atoms with E-state index in [0.717, 1.165) is 5.69 Å². The summed E-state index contributed by atoms with van der Waals surface area (Å²) in [4.78, 5) is 11.6. The summed E-state index contributed by atoms with van der Waals surface area (Å²) in [6, 6.07) is 6.15. The average molecular weight is 246 g/mol. The molecular formula is C14H15FN2O.